The van der Waals surface area contributed by atoms with Gasteiger partial charge in [0.05, 0.1) is 7.11 Å². The Balaban J connectivity index is 2.44. The van der Waals surface area contributed by atoms with Crippen molar-refractivity contribution in [3.63, 3.8) is 0 Å². The summed E-state index contributed by atoms with van der Waals surface area (Å²) in [6.07, 6.45) is 0. The quantitative estimate of drug-likeness (QED) is 0.620. The number of benzene rings is 2. The van der Waals surface area contributed by atoms with E-state index in [0.717, 1.165) is 14.7 Å². The van der Waals surface area contributed by atoms with Gasteiger partial charge in [-0.25, -0.2) is 0 Å². The third-order valence-corrected chi connectivity index (χ3v) is 4.20. The number of halogens is 1. The highest BCUT2D eigenvalue weighted by Gasteiger charge is 2.13. The van der Waals surface area contributed by atoms with Crippen molar-refractivity contribution in [1.29, 1.82) is 0 Å². The topological polar surface area (TPSA) is 26.3 Å². The maximum Gasteiger partial charge on any atom is 0.194 e. The molecule has 0 aliphatic heterocycles. The van der Waals surface area contributed by atoms with Crippen LogP contribution in [0, 0.1) is 10.5 Å². The number of hydrogen-bond donors (Lipinski definition) is 0. The second-order valence-corrected chi connectivity index (χ2v) is 5.08. The number of aryl methyl sites for hydroxylation is 1. The predicted octanol–water partition coefficient (Wildman–Crippen LogP) is 3.84. The summed E-state index contributed by atoms with van der Waals surface area (Å²) >= 11 is 2.21. The van der Waals surface area contributed by atoms with Gasteiger partial charge in [0.25, 0.3) is 0 Å². The van der Waals surface area contributed by atoms with Crippen LogP contribution in [0.2, 0.25) is 0 Å². The van der Waals surface area contributed by atoms with E-state index in [1.165, 1.54) is 0 Å². The van der Waals surface area contributed by atoms with Gasteiger partial charge >= 0.3 is 0 Å². The first-order chi connectivity index (χ1) is 8.63. The lowest BCUT2D eigenvalue weighted by Gasteiger charge is -2.07. The van der Waals surface area contributed by atoms with E-state index < -0.39 is 0 Å². The van der Waals surface area contributed by atoms with Crippen LogP contribution in [-0.2, 0) is 0 Å². The molecule has 0 fully saturated rings. The van der Waals surface area contributed by atoms with Gasteiger partial charge in [-0.1, -0.05) is 24.3 Å². The van der Waals surface area contributed by atoms with Crippen LogP contribution in [0.5, 0.6) is 5.75 Å². The van der Waals surface area contributed by atoms with Crippen molar-refractivity contribution in [2.45, 2.75) is 6.92 Å². The molecular formula is C15H13IO2. The van der Waals surface area contributed by atoms with E-state index in [9.17, 15) is 4.79 Å². The molecule has 0 saturated carbocycles. The molecule has 2 aromatic carbocycles. The van der Waals surface area contributed by atoms with Crippen LogP contribution in [0.1, 0.15) is 21.5 Å². The Bertz CT molecular complexity index is 591. The first kappa shape index (κ1) is 13.1. The minimum atomic E-state index is 0.0296. The molecule has 0 unspecified atom stereocenters. The zero-order valence-corrected chi connectivity index (χ0v) is 12.4. The molecule has 0 aliphatic rings. The highest BCUT2D eigenvalue weighted by Crippen LogP contribution is 2.21. The fraction of sp³-hybridized carbons (Fsp3) is 0.133. The van der Waals surface area contributed by atoms with E-state index in [2.05, 4.69) is 22.6 Å². The van der Waals surface area contributed by atoms with Gasteiger partial charge in [0, 0.05) is 14.7 Å². The van der Waals surface area contributed by atoms with E-state index >= 15 is 0 Å². The summed E-state index contributed by atoms with van der Waals surface area (Å²) in [5.74, 6) is 0.727. The van der Waals surface area contributed by atoms with Crippen molar-refractivity contribution < 1.29 is 9.53 Å². The van der Waals surface area contributed by atoms with Crippen LogP contribution < -0.4 is 4.74 Å². The summed E-state index contributed by atoms with van der Waals surface area (Å²) in [6, 6.07) is 13.0. The van der Waals surface area contributed by atoms with Gasteiger partial charge < -0.3 is 4.74 Å². The summed E-state index contributed by atoms with van der Waals surface area (Å²) in [6.45, 7) is 2.00. The number of rotatable bonds is 3. The number of carbonyl (C=O) groups excluding carboxylic acids is 1. The molecule has 92 valence electrons. The monoisotopic (exact) mass is 352 g/mol. The van der Waals surface area contributed by atoms with E-state index in [0.29, 0.717) is 11.3 Å². The molecule has 0 aromatic heterocycles. The fourth-order valence-electron chi connectivity index (χ4n) is 1.74. The minimum Gasteiger partial charge on any atom is -0.497 e. The maximum atomic E-state index is 12.4. The van der Waals surface area contributed by atoms with Crippen molar-refractivity contribution in [3.05, 3.63) is 62.7 Å². The Hall–Kier alpha value is -1.36. The molecule has 0 saturated heterocycles. The predicted molar refractivity (Wildman–Crippen MR) is 80.3 cm³/mol. The molecular weight excluding hydrogens is 339 g/mol. The lowest BCUT2D eigenvalue weighted by molar-refractivity contribution is 0.103. The van der Waals surface area contributed by atoms with Crippen LogP contribution in [0.4, 0.5) is 0 Å². The molecule has 18 heavy (non-hydrogen) atoms. The van der Waals surface area contributed by atoms with Crippen LogP contribution in [0.3, 0.4) is 0 Å². The van der Waals surface area contributed by atoms with Crippen LogP contribution >= 0.6 is 22.6 Å². The number of ether oxygens (including phenoxy) is 1. The summed E-state index contributed by atoms with van der Waals surface area (Å²) in [5.41, 5.74) is 2.51. The molecule has 0 amide bonds. The van der Waals surface area contributed by atoms with Gasteiger partial charge in [0.1, 0.15) is 5.75 Å². The number of hydrogen-bond acceptors (Lipinski definition) is 2. The maximum absolute atomic E-state index is 12.4. The van der Waals surface area contributed by atoms with E-state index in [-0.39, 0.29) is 5.78 Å². The Labute approximate surface area is 120 Å². The SMILES string of the molecule is COc1cccc(C(=O)c2cccc(C)c2I)c1. The normalized spacial score (nSPS) is 10.2. The summed E-state index contributed by atoms with van der Waals surface area (Å²) in [4.78, 5) is 12.4. The smallest absolute Gasteiger partial charge is 0.194 e. The third kappa shape index (κ3) is 2.56. The van der Waals surface area contributed by atoms with Crippen molar-refractivity contribution in [3.8, 4) is 5.75 Å². The van der Waals surface area contributed by atoms with Crippen LogP contribution in [0.15, 0.2) is 42.5 Å². The molecule has 3 heteroatoms. The van der Waals surface area contributed by atoms with Crippen molar-refractivity contribution in [1.82, 2.24) is 0 Å². The lowest BCUT2D eigenvalue weighted by Crippen LogP contribution is -2.04. The minimum absolute atomic E-state index is 0.0296. The van der Waals surface area contributed by atoms with E-state index in [1.807, 2.05) is 43.3 Å². The van der Waals surface area contributed by atoms with Crippen molar-refractivity contribution in [2.75, 3.05) is 7.11 Å². The summed E-state index contributed by atoms with van der Waals surface area (Å²) in [7, 11) is 1.60. The molecule has 2 nitrogen and oxygen atoms in total. The lowest BCUT2D eigenvalue weighted by atomic mass is 10.0. The van der Waals surface area contributed by atoms with Crippen molar-refractivity contribution >= 4 is 28.4 Å². The van der Waals surface area contributed by atoms with Gasteiger partial charge in [-0.05, 0) is 53.3 Å². The van der Waals surface area contributed by atoms with Gasteiger partial charge in [-0.15, -0.1) is 0 Å². The second-order valence-electron chi connectivity index (χ2n) is 4.00. The number of carbonyl (C=O) groups is 1. The van der Waals surface area contributed by atoms with Gasteiger partial charge in [0.2, 0.25) is 0 Å². The second kappa shape index (κ2) is 5.52. The van der Waals surface area contributed by atoms with Gasteiger partial charge in [0.15, 0.2) is 5.78 Å². The Morgan fingerprint density at radius 2 is 1.89 bits per heavy atom. The van der Waals surface area contributed by atoms with Gasteiger partial charge in [-0.3, -0.25) is 4.79 Å². The average molecular weight is 352 g/mol. The van der Waals surface area contributed by atoms with E-state index in [4.69, 9.17) is 4.74 Å². The zero-order chi connectivity index (χ0) is 13.1. The molecule has 0 radical (unpaired) electrons. The molecule has 0 spiro atoms. The van der Waals surface area contributed by atoms with Crippen LogP contribution in [0.25, 0.3) is 0 Å². The summed E-state index contributed by atoms with van der Waals surface area (Å²) < 4.78 is 6.14. The average Bonchev–Trinajstić information content (AvgIpc) is 2.41. The summed E-state index contributed by atoms with van der Waals surface area (Å²) in [5, 5.41) is 0. The first-order valence-corrected chi connectivity index (χ1v) is 6.65. The number of methoxy groups -OCH3 is 1. The van der Waals surface area contributed by atoms with Crippen LogP contribution in [-0.4, -0.2) is 12.9 Å². The fourth-order valence-corrected chi connectivity index (χ4v) is 2.35. The van der Waals surface area contributed by atoms with Crippen molar-refractivity contribution in [2.24, 2.45) is 0 Å². The largest absolute Gasteiger partial charge is 0.497 e. The molecule has 0 N–H and O–H groups in total. The third-order valence-electron chi connectivity index (χ3n) is 2.77. The molecule has 0 atom stereocenters. The Morgan fingerprint density at radius 1 is 1.17 bits per heavy atom. The number of ketones is 1. The first-order valence-electron chi connectivity index (χ1n) is 5.57. The van der Waals surface area contributed by atoms with Gasteiger partial charge in [-0.2, -0.15) is 0 Å². The Kier molecular flexibility index (Phi) is 4.01. The standard InChI is InChI=1S/C15H13IO2/c1-10-5-3-8-13(14(10)16)15(17)11-6-4-7-12(9-11)18-2/h3-9H,1-2H3. The molecule has 2 aromatic rings. The van der Waals surface area contributed by atoms with E-state index in [1.54, 1.807) is 13.2 Å². The highest BCUT2D eigenvalue weighted by atomic mass is 127. The Morgan fingerprint density at radius 3 is 2.61 bits per heavy atom. The molecule has 0 bridgehead atoms. The highest BCUT2D eigenvalue weighted by molar-refractivity contribution is 14.1. The zero-order valence-electron chi connectivity index (χ0n) is 10.2. The molecule has 0 aliphatic carbocycles. The molecule has 0 heterocycles. The molecule has 2 rings (SSSR count).